The molecule has 1 aliphatic rings. The summed E-state index contributed by atoms with van der Waals surface area (Å²) in [7, 11) is 0. The molecule has 1 atom stereocenters. The Labute approximate surface area is 156 Å². The van der Waals surface area contributed by atoms with Crippen molar-refractivity contribution in [2.45, 2.75) is 25.6 Å². The maximum absolute atomic E-state index is 13.0. The van der Waals surface area contributed by atoms with Crippen molar-refractivity contribution in [1.82, 2.24) is 15.4 Å². The summed E-state index contributed by atoms with van der Waals surface area (Å²) in [6, 6.07) is 4.65. The minimum absolute atomic E-state index is 0.0456. The molecule has 2 heterocycles. The van der Waals surface area contributed by atoms with E-state index < -0.39 is 41.7 Å². The van der Waals surface area contributed by atoms with Gasteiger partial charge in [0.2, 0.25) is 5.91 Å². The van der Waals surface area contributed by atoms with E-state index in [1.54, 1.807) is 6.92 Å². The number of benzene rings is 1. The fourth-order valence-electron chi connectivity index (χ4n) is 2.79. The number of carbonyl (C=O) groups is 3. The lowest BCUT2D eigenvalue weighted by Crippen LogP contribution is -2.42. The van der Waals surface area contributed by atoms with Gasteiger partial charge in [-0.2, -0.15) is 13.2 Å². The number of urea groups is 1. The first-order chi connectivity index (χ1) is 13.0. The molecule has 1 unspecified atom stereocenters. The molecule has 1 saturated heterocycles. The van der Waals surface area contributed by atoms with Gasteiger partial charge in [0.05, 0.1) is 5.56 Å². The molecule has 8 nitrogen and oxygen atoms in total. The summed E-state index contributed by atoms with van der Waals surface area (Å²) < 4.78 is 43.7. The summed E-state index contributed by atoms with van der Waals surface area (Å²) in [4.78, 5) is 37.7. The number of hydrogen-bond acceptors (Lipinski definition) is 5. The number of carbonyl (C=O) groups excluding carboxylic acids is 3. The molecule has 0 saturated carbocycles. The van der Waals surface area contributed by atoms with Crippen molar-refractivity contribution >= 4 is 23.7 Å². The molecule has 2 aromatic rings. The molecule has 0 spiro atoms. The fraction of sp³-hybridized carbons (Fsp3) is 0.294. The van der Waals surface area contributed by atoms with Crippen molar-refractivity contribution in [1.29, 1.82) is 0 Å². The quantitative estimate of drug-likeness (QED) is 0.773. The zero-order valence-electron chi connectivity index (χ0n) is 14.8. The molecule has 1 aliphatic heterocycles. The molecule has 4 amide bonds. The number of imide groups is 1. The Balaban J connectivity index is 1.80. The Kier molecular flexibility index (Phi) is 4.61. The molecule has 148 valence electrons. The van der Waals surface area contributed by atoms with Crippen LogP contribution >= 0.6 is 0 Å². The van der Waals surface area contributed by atoms with Gasteiger partial charge in [0.1, 0.15) is 17.8 Å². The highest BCUT2D eigenvalue weighted by atomic mass is 19.4. The van der Waals surface area contributed by atoms with Crippen LogP contribution in [0, 0.1) is 6.92 Å². The van der Waals surface area contributed by atoms with Gasteiger partial charge in [0.25, 0.3) is 5.91 Å². The summed E-state index contributed by atoms with van der Waals surface area (Å²) >= 11 is 0. The molecule has 11 heteroatoms. The van der Waals surface area contributed by atoms with Crippen molar-refractivity contribution in [2.24, 2.45) is 0 Å². The molecule has 1 aromatic carbocycles. The summed E-state index contributed by atoms with van der Waals surface area (Å²) in [5.74, 6) is -1.01. The number of alkyl halides is 3. The van der Waals surface area contributed by atoms with Crippen molar-refractivity contribution in [3.63, 3.8) is 0 Å². The van der Waals surface area contributed by atoms with Gasteiger partial charge in [-0.3, -0.25) is 14.5 Å². The van der Waals surface area contributed by atoms with Gasteiger partial charge in [-0.15, -0.1) is 0 Å². The number of nitrogens with zero attached hydrogens (tertiary/aromatic N) is 2. The number of aromatic nitrogens is 1. The largest absolute Gasteiger partial charge is 0.416 e. The van der Waals surface area contributed by atoms with E-state index in [2.05, 4.69) is 15.8 Å². The molecule has 0 bridgehead atoms. The second-order valence-corrected chi connectivity index (χ2v) is 6.40. The van der Waals surface area contributed by atoms with E-state index in [-0.39, 0.29) is 11.4 Å². The Morgan fingerprint density at radius 1 is 1.32 bits per heavy atom. The second-order valence-electron chi connectivity index (χ2n) is 6.40. The van der Waals surface area contributed by atoms with Crippen molar-refractivity contribution in [3.05, 3.63) is 47.2 Å². The van der Waals surface area contributed by atoms with Crippen molar-refractivity contribution in [2.75, 3.05) is 11.9 Å². The molecule has 3 rings (SSSR count). The van der Waals surface area contributed by atoms with E-state index in [9.17, 15) is 27.6 Å². The number of nitrogens with one attached hydrogen (secondary N) is 2. The van der Waals surface area contributed by atoms with Gasteiger partial charge < -0.3 is 15.2 Å². The highest BCUT2D eigenvalue weighted by Gasteiger charge is 2.50. The van der Waals surface area contributed by atoms with Crippen molar-refractivity contribution in [3.8, 4) is 0 Å². The Hall–Kier alpha value is -3.37. The summed E-state index contributed by atoms with van der Waals surface area (Å²) in [6.07, 6.45) is -4.60. The first-order valence-electron chi connectivity index (χ1n) is 8.06. The van der Waals surface area contributed by atoms with Crippen LogP contribution in [-0.4, -0.2) is 34.4 Å². The average Bonchev–Trinajstić information content (AvgIpc) is 3.11. The van der Waals surface area contributed by atoms with E-state index in [0.29, 0.717) is 10.7 Å². The van der Waals surface area contributed by atoms with E-state index in [1.807, 2.05) is 0 Å². The topological polar surface area (TPSA) is 105 Å². The van der Waals surface area contributed by atoms with Crippen LogP contribution < -0.4 is 10.6 Å². The summed E-state index contributed by atoms with van der Waals surface area (Å²) in [5, 5.41) is 8.27. The van der Waals surface area contributed by atoms with E-state index in [4.69, 9.17) is 4.52 Å². The van der Waals surface area contributed by atoms with Gasteiger partial charge in [0.15, 0.2) is 5.82 Å². The molecule has 1 fully saturated rings. The number of halogens is 3. The fourth-order valence-corrected chi connectivity index (χ4v) is 2.79. The summed E-state index contributed by atoms with van der Waals surface area (Å²) in [6.45, 7) is 2.26. The Morgan fingerprint density at radius 2 is 2.04 bits per heavy atom. The Morgan fingerprint density at radius 3 is 2.64 bits per heavy atom. The zero-order chi connectivity index (χ0) is 20.7. The Bertz CT molecular complexity index is 956. The normalized spacial score (nSPS) is 19.7. The minimum Gasteiger partial charge on any atom is -0.360 e. The van der Waals surface area contributed by atoms with Gasteiger partial charge in [-0.1, -0.05) is 17.3 Å². The molecule has 0 radical (unpaired) electrons. The average molecular weight is 396 g/mol. The van der Waals surface area contributed by atoms with Crippen molar-refractivity contribution < 1.29 is 32.1 Å². The smallest absolute Gasteiger partial charge is 0.360 e. The number of rotatable bonds is 4. The van der Waals surface area contributed by atoms with E-state index in [1.165, 1.54) is 19.1 Å². The number of hydrogen-bond donors (Lipinski definition) is 2. The summed E-state index contributed by atoms with van der Waals surface area (Å²) in [5.41, 5.74) is -2.73. The molecule has 28 heavy (non-hydrogen) atoms. The maximum atomic E-state index is 13.0. The molecule has 0 aliphatic carbocycles. The number of anilines is 1. The standard InChI is InChI=1S/C17H15F3N4O4/c1-9-6-12(23-28-9)21-13(25)8-24-14(26)16(2,22-15(24)27)10-4-3-5-11(7-10)17(18,19)20/h3-7H,8H2,1-2H3,(H,22,27)(H,21,23,25). The van der Waals surface area contributed by atoms with Crippen LogP contribution in [0.4, 0.5) is 23.8 Å². The first-order valence-corrected chi connectivity index (χ1v) is 8.06. The lowest BCUT2D eigenvalue weighted by Gasteiger charge is -2.23. The maximum Gasteiger partial charge on any atom is 0.416 e. The third-order valence-electron chi connectivity index (χ3n) is 4.24. The molecular weight excluding hydrogens is 381 g/mol. The second kappa shape index (κ2) is 6.66. The van der Waals surface area contributed by atoms with Gasteiger partial charge >= 0.3 is 12.2 Å². The lowest BCUT2D eigenvalue weighted by atomic mass is 9.90. The molecule has 2 N–H and O–H groups in total. The highest BCUT2D eigenvalue weighted by Crippen LogP contribution is 2.34. The van der Waals surface area contributed by atoms with Crippen LogP contribution in [-0.2, 0) is 21.3 Å². The third-order valence-corrected chi connectivity index (χ3v) is 4.24. The van der Waals surface area contributed by atoms with Crippen LogP contribution in [0.25, 0.3) is 0 Å². The van der Waals surface area contributed by atoms with Gasteiger partial charge in [0, 0.05) is 6.07 Å². The first kappa shape index (κ1) is 19.4. The van der Waals surface area contributed by atoms with Crippen LogP contribution in [0.5, 0.6) is 0 Å². The van der Waals surface area contributed by atoms with E-state index >= 15 is 0 Å². The molecule has 1 aromatic heterocycles. The van der Waals surface area contributed by atoms with Crippen LogP contribution in [0.1, 0.15) is 23.8 Å². The third kappa shape index (κ3) is 3.55. The van der Waals surface area contributed by atoms with Crippen LogP contribution in [0.2, 0.25) is 0 Å². The minimum atomic E-state index is -4.60. The predicted octanol–water partition coefficient (Wildman–Crippen LogP) is 2.41. The lowest BCUT2D eigenvalue weighted by molar-refractivity contribution is -0.138. The zero-order valence-corrected chi connectivity index (χ0v) is 14.8. The van der Waals surface area contributed by atoms with Crippen LogP contribution in [0.3, 0.4) is 0 Å². The number of amides is 4. The van der Waals surface area contributed by atoms with Gasteiger partial charge in [-0.05, 0) is 31.5 Å². The molecular formula is C17H15F3N4O4. The monoisotopic (exact) mass is 396 g/mol. The SMILES string of the molecule is Cc1cc(NC(=O)CN2C(=O)NC(C)(c3cccc(C(F)(F)F)c3)C2=O)no1. The van der Waals surface area contributed by atoms with Gasteiger partial charge in [-0.25, -0.2) is 4.79 Å². The van der Waals surface area contributed by atoms with E-state index in [0.717, 1.165) is 18.2 Å². The highest BCUT2D eigenvalue weighted by molar-refractivity contribution is 6.10. The number of aryl methyl sites for hydroxylation is 1. The van der Waals surface area contributed by atoms with Crippen LogP contribution in [0.15, 0.2) is 34.9 Å². The predicted molar refractivity (Wildman–Crippen MR) is 88.9 cm³/mol.